The first-order valence-corrected chi connectivity index (χ1v) is 11.3. The maximum absolute atomic E-state index is 11.1. The normalized spacial score (nSPS) is 11.1. The van der Waals surface area contributed by atoms with Crippen molar-refractivity contribution in [3.63, 3.8) is 0 Å². The van der Waals surface area contributed by atoms with Crippen LogP contribution < -0.4 is 0 Å². The third-order valence-corrected chi connectivity index (χ3v) is 4.86. The van der Waals surface area contributed by atoms with E-state index in [2.05, 4.69) is 25.7 Å². The molecule has 0 fully saturated rings. The van der Waals surface area contributed by atoms with Crippen LogP contribution in [0.4, 0.5) is 0 Å². The van der Waals surface area contributed by atoms with Crippen LogP contribution in [-0.2, 0) is 9.53 Å². The van der Waals surface area contributed by atoms with Gasteiger partial charge in [-0.2, -0.15) is 0 Å². The van der Waals surface area contributed by atoms with Crippen molar-refractivity contribution in [1.29, 1.82) is 0 Å². The van der Waals surface area contributed by atoms with Gasteiger partial charge in [0.2, 0.25) is 0 Å². The molecule has 0 saturated carbocycles. The van der Waals surface area contributed by atoms with Gasteiger partial charge in [0.25, 0.3) is 0 Å². The summed E-state index contributed by atoms with van der Waals surface area (Å²) in [5.74, 6) is -0.152. The first-order chi connectivity index (χ1) is 12.8. The lowest BCUT2D eigenvalue weighted by atomic mass is 10.1. The zero-order valence-corrected chi connectivity index (χ0v) is 17.5. The second-order valence-electron chi connectivity index (χ2n) is 7.41. The molecule has 2 nitrogen and oxygen atoms in total. The molecule has 0 radical (unpaired) electrons. The highest BCUT2D eigenvalue weighted by atomic mass is 16.5. The third kappa shape index (κ3) is 21.0. The quantitative estimate of drug-likeness (QED) is 0.0940. The summed E-state index contributed by atoms with van der Waals surface area (Å²) in [6.07, 6.45) is 28.8. The van der Waals surface area contributed by atoms with Gasteiger partial charge >= 0.3 is 5.97 Å². The van der Waals surface area contributed by atoms with Gasteiger partial charge < -0.3 is 4.74 Å². The van der Waals surface area contributed by atoms with E-state index in [-0.39, 0.29) is 5.97 Å². The third-order valence-electron chi connectivity index (χ3n) is 4.86. The number of esters is 1. The van der Waals surface area contributed by atoms with Gasteiger partial charge in [0.1, 0.15) is 0 Å². The fourth-order valence-electron chi connectivity index (χ4n) is 3.20. The lowest BCUT2D eigenvalue weighted by Gasteiger charge is -2.02. The van der Waals surface area contributed by atoms with E-state index in [1.165, 1.54) is 103 Å². The van der Waals surface area contributed by atoms with E-state index in [4.69, 9.17) is 4.74 Å². The van der Waals surface area contributed by atoms with Crippen LogP contribution in [0.1, 0.15) is 122 Å². The molecule has 152 valence electrons. The largest absolute Gasteiger partial charge is 0.435 e. The van der Waals surface area contributed by atoms with E-state index in [1.807, 2.05) is 0 Å². The molecule has 0 aliphatic heterocycles. The minimum absolute atomic E-state index is 0.152. The highest BCUT2D eigenvalue weighted by molar-refractivity contribution is 5.69. The molecular weight excluding hydrogens is 320 g/mol. The van der Waals surface area contributed by atoms with Gasteiger partial charge in [0, 0.05) is 6.42 Å². The molecule has 0 atom stereocenters. The summed E-state index contributed by atoms with van der Waals surface area (Å²) in [4.78, 5) is 11.1. The molecule has 0 aromatic heterocycles. The molecule has 26 heavy (non-hydrogen) atoms. The molecule has 0 aliphatic rings. The maximum Gasteiger partial charge on any atom is 0.310 e. The Morgan fingerprint density at radius 2 is 1.12 bits per heavy atom. The Hall–Kier alpha value is -1.05. The van der Waals surface area contributed by atoms with E-state index >= 15 is 0 Å². The monoisotopic (exact) mass is 364 g/mol. The fraction of sp³-hybridized carbons (Fsp3) is 0.792. The molecule has 0 N–H and O–H groups in total. The van der Waals surface area contributed by atoms with Gasteiger partial charge in [0.15, 0.2) is 0 Å². The van der Waals surface area contributed by atoms with Gasteiger partial charge in [-0.1, -0.05) is 103 Å². The molecule has 0 amide bonds. The Morgan fingerprint density at radius 1 is 0.692 bits per heavy atom. The van der Waals surface area contributed by atoms with Crippen LogP contribution in [0.25, 0.3) is 0 Å². The summed E-state index contributed by atoms with van der Waals surface area (Å²) in [5.41, 5.74) is 0. The van der Waals surface area contributed by atoms with E-state index in [9.17, 15) is 4.79 Å². The Balaban J connectivity index is 3.11. The van der Waals surface area contributed by atoms with Crippen molar-refractivity contribution in [1.82, 2.24) is 0 Å². The zero-order valence-electron chi connectivity index (χ0n) is 17.5. The van der Waals surface area contributed by atoms with Crippen LogP contribution in [0.5, 0.6) is 0 Å². The van der Waals surface area contributed by atoms with Gasteiger partial charge in [0.05, 0.1) is 6.26 Å². The first-order valence-electron chi connectivity index (χ1n) is 11.3. The van der Waals surface area contributed by atoms with Crippen molar-refractivity contribution < 1.29 is 9.53 Å². The van der Waals surface area contributed by atoms with Crippen molar-refractivity contribution in [3.05, 3.63) is 25.0 Å². The standard InChI is InChI=1S/C24H44O2/c1-3-5-6-7-8-9-10-11-12-13-14-15-16-17-18-19-20-21-22-23-24(25)26-4-2/h4,11-12H,2-3,5-10,13-23H2,1H3/b12-11-. The molecule has 0 aromatic carbocycles. The van der Waals surface area contributed by atoms with E-state index < -0.39 is 0 Å². The molecule has 2 heteroatoms. The van der Waals surface area contributed by atoms with Gasteiger partial charge in [-0.05, 0) is 32.1 Å². The SMILES string of the molecule is C=COC(=O)CCCCCCCCCCC/C=C\CCCCCCCC. The lowest BCUT2D eigenvalue weighted by Crippen LogP contribution is -1.98. The molecule has 0 heterocycles. The number of carbonyl (C=O) groups excluding carboxylic acids is 1. The molecule has 0 aliphatic carbocycles. The van der Waals surface area contributed by atoms with Gasteiger partial charge in [-0.3, -0.25) is 4.79 Å². The Kier molecular flexibility index (Phi) is 21.1. The van der Waals surface area contributed by atoms with Crippen LogP contribution in [0.3, 0.4) is 0 Å². The fourth-order valence-corrected chi connectivity index (χ4v) is 3.20. The first kappa shape index (κ1) is 24.9. The Labute approximate surface area is 163 Å². The predicted molar refractivity (Wildman–Crippen MR) is 114 cm³/mol. The average molecular weight is 365 g/mol. The lowest BCUT2D eigenvalue weighted by molar-refractivity contribution is -0.138. The Morgan fingerprint density at radius 3 is 1.58 bits per heavy atom. The average Bonchev–Trinajstić information content (AvgIpc) is 2.64. The van der Waals surface area contributed by atoms with Crippen molar-refractivity contribution in [2.45, 2.75) is 122 Å². The van der Waals surface area contributed by atoms with Crippen LogP contribution >= 0.6 is 0 Å². The van der Waals surface area contributed by atoms with Crippen molar-refractivity contribution in [2.24, 2.45) is 0 Å². The maximum atomic E-state index is 11.1. The number of carbonyl (C=O) groups is 1. The van der Waals surface area contributed by atoms with Crippen molar-refractivity contribution in [3.8, 4) is 0 Å². The van der Waals surface area contributed by atoms with E-state index in [1.54, 1.807) is 0 Å². The minimum atomic E-state index is -0.152. The number of hydrogen-bond donors (Lipinski definition) is 0. The van der Waals surface area contributed by atoms with Crippen LogP contribution in [0.2, 0.25) is 0 Å². The highest BCUT2D eigenvalue weighted by Gasteiger charge is 1.99. The van der Waals surface area contributed by atoms with Crippen LogP contribution in [0.15, 0.2) is 25.0 Å². The summed E-state index contributed by atoms with van der Waals surface area (Å²) in [6, 6.07) is 0. The molecule has 0 rings (SSSR count). The zero-order chi connectivity index (χ0) is 19.1. The topological polar surface area (TPSA) is 26.3 Å². The number of rotatable bonds is 20. The van der Waals surface area contributed by atoms with Gasteiger partial charge in [-0.15, -0.1) is 0 Å². The summed E-state index contributed by atoms with van der Waals surface area (Å²) in [7, 11) is 0. The molecule has 0 unspecified atom stereocenters. The molecular formula is C24H44O2. The molecule has 0 aromatic rings. The molecule has 0 saturated heterocycles. The van der Waals surface area contributed by atoms with E-state index in [0.29, 0.717) is 6.42 Å². The van der Waals surface area contributed by atoms with E-state index in [0.717, 1.165) is 12.8 Å². The van der Waals surface area contributed by atoms with Crippen LogP contribution in [-0.4, -0.2) is 5.97 Å². The summed E-state index contributed by atoms with van der Waals surface area (Å²) < 4.78 is 4.70. The highest BCUT2D eigenvalue weighted by Crippen LogP contribution is 2.12. The predicted octanol–water partition coefficient (Wildman–Crippen LogP) is 8.27. The summed E-state index contributed by atoms with van der Waals surface area (Å²) in [5, 5.41) is 0. The molecule has 0 bridgehead atoms. The second-order valence-corrected chi connectivity index (χ2v) is 7.41. The van der Waals surface area contributed by atoms with Crippen molar-refractivity contribution >= 4 is 5.97 Å². The van der Waals surface area contributed by atoms with Crippen LogP contribution in [0, 0.1) is 0 Å². The number of allylic oxidation sites excluding steroid dienone is 2. The number of hydrogen-bond acceptors (Lipinski definition) is 2. The summed E-state index contributed by atoms with van der Waals surface area (Å²) in [6.45, 7) is 5.66. The number of unbranched alkanes of at least 4 members (excludes halogenated alkanes) is 15. The second kappa shape index (κ2) is 22.0. The van der Waals surface area contributed by atoms with Crippen molar-refractivity contribution in [2.75, 3.05) is 0 Å². The van der Waals surface area contributed by atoms with Gasteiger partial charge in [-0.25, -0.2) is 0 Å². The number of ether oxygens (including phenoxy) is 1. The smallest absolute Gasteiger partial charge is 0.310 e. The summed E-state index contributed by atoms with van der Waals surface area (Å²) >= 11 is 0. The molecule has 0 spiro atoms. The Bertz CT molecular complexity index is 333. The minimum Gasteiger partial charge on any atom is -0.435 e.